The second-order valence-electron chi connectivity index (χ2n) is 2.42. The van der Waals surface area contributed by atoms with Gasteiger partial charge in [0.1, 0.15) is 0 Å². The van der Waals surface area contributed by atoms with Crippen molar-refractivity contribution in [3.05, 3.63) is 0 Å². The Balaban J connectivity index is 4.56. The van der Waals surface area contributed by atoms with E-state index in [2.05, 4.69) is 0 Å². The quantitative estimate of drug-likeness (QED) is 0.699. The lowest BCUT2D eigenvalue weighted by molar-refractivity contribution is -0.269. The van der Waals surface area contributed by atoms with E-state index in [1.165, 1.54) is 0 Å². The van der Waals surface area contributed by atoms with Gasteiger partial charge in [-0.15, -0.1) is 0 Å². The van der Waals surface area contributed by atoms with E-state index >= 15 is 0 Å². The highest BCUT2D eigenvalue weighted by Crippen LogP contribution is 2.31. The van der Waals surface area contributed by atoms with Gasteiger partial charge in [-0.3, -0.25) is 0 Å². The van der Waals surface area contributed by atoms with Gasteiger partial charge in [-0.05, 0) is 0 Å². The van der Waals surface area contributed by atoms with Crippen LogP contribution in [-0.4, -0.2) is 40.9 Å². The van der Waals surface area contributed by atoms with Gasteiger partial charge in [0.2, 0.25) is 0 Å². The fraction of sp³-hybridized carbons (Fsp3) is 1.00. The second kappa shape index (κ2) is 3.89. The molecule has 86 valence electrons. The fourth-order valence-corrected chi connectivity index (χ4v) is 0.534. The number of hydrogen-bond acceptors (Lipinski definition) is 2. The summed E-state index contributed by atoms with van der Waals surface area (Å²) in [5.41, 5.74) is 0. The maximum atomic E-state index is 12.2. The summed E-state index contributed by atoms with van der Waals surface area (Å²) >= 11 is 0. The molecule has 0 aromatic rings. The van der Waals surface area contributed by atoms with E-state index in [9.17, 15) is 30.7 Å². The van der Waals surface area contributed by atoms with Crippen LogP contribution in [0.1, 0.15) is 0 Å². The Morgan fingerprint density at radius 1 is 0.714 bits per heavy atom. The Bertz CT molecular complexity index is 165. The summed E-state index contributed by atoms with van der Waals surface area (Å²) in [6.07, 6.45) is -22.7. The van der Waals surface area contributed by atoms with Crippen molar-refractivity contribution in [2.24, 2.45) is 0 Å². The first-order chi connectivity index (χ1) is 5.98. The lowest BCUT2D eigenvalue weighted by Gasteiger charge is -2.23. The molecule has 0 fully saturated rings. The molecule has 2 nitrogen and oxygen atoms in total. The summed E-state index contributed by atoms with van der Waals surface area (Å²) < 4.78 is 81.1. The Morgan fingerprint density at radius 2 is 0.929 bits per heavy atom. The third kappa shape index (κ3) is 3.29. The summed E-state index contributed by atoms with van der Waals surface area (Å²) in [7, 11) is 0. The van der Waals surface area contributed by atoms with Crippen LogP contribution in [0.3, 0.4) is 0 Å². The molecule has 0 aromatic carbocycles. The monoisotopic (exact) mass is 230 g/mol. The van der Waals surface area contributed by atoms with E-state index in [-0.39, 0.29) is 0 Å². The smallest absolute Gasteiger partial charge is 0.381 e. The van der Waals surface area contributed by atoms with Gasteiger partial charge in [0, 0.05) is 0 Å². The Kier molecular flexibility index (Phi) is 3.73. The highest BCUT2D eigenvalue weighted by atomic mass is 19.4. The van der Waals surface area contributed by atoms with Crippen LogP contribution in [0, 0.1) is 0 Å². The number of hydrogen-bond donors (Lipinski definition) is 2. The molecule has 0 heterocycles. The van der Waals surface area contributed by atoms with Crippen molar-refractivity contribution in [3.8, 4) is 0 Å². The molecule has 0 bridgehead atoms. The molecule has 9 heteroatoms. The highest BCUT2D eigenvalue weighted by Gasteiger charge is 2.54. The van der Waals surface area contributed by atoms with E-state index in [0.29, 0.717) is 0 Å². The van der Waals surface area contributed by atoms with Gasteiger partial charge in [0.15, 0.2) is 18.4 Å². The lowest BCUT2D eigenvalue weighted by Crippen LogP contribution is -2.49. The molecule has 14 heavy (non-hydrogen) atoms. The Morgan fingerprint density at radius 3 is 1.07 bits per heavy atom. The molecule has 0 radical (unpaired) electrons. The van der Waals surface area contributed by atoms with E-state index < -0.39 is 30.7 Å². The van der Waals surface area contributed by atoms with E-state index in [1.54, 1.807) is 0 Å². The molecule has 0 aromatic heterocycles. The third-order valence-corrected chi connectivity index (χ3v) is 1.27. The predicted molar refractivity (Wildman–Crippen MR) is 29.0 cm³/mol. The second-order valence-corrected chi connectivity index (χ2v) is 2.42. The summed E-state index contributed by atoms with van der Waals surface area (Å²) in [4.78, 5) is 0. The third-order valence-electron chi connectivity index (χ3n) is 1.27. The van der Waals surface area contributed by atoms with E-state index in [0.717, 1.165) is 0 Å². The van der Waals surface area contributed by atoms with Crippen molar-refractivity contribution in [3.63, 3.8) is 0 Å². The molecule has 2 atom stereocenters. The van der Waals surface area contributed by atoms with Crippen molar-refractivity contribution in [1.29, 1.82) is 0 Å². The molecule has 0 aliphatic carbocycles. The molecular formula is C5H5F7O2. The molecule has 0 aliphatic heterocycles. The minimum atomic E-state index is -5.55. The minimum Gasteiger partial charge on any atom is -0.381 e. The highest BCUT2D eigenvalue weighted by molar-refractivity contribution is 4.84. The van der Waals surface area contributed by atoms with Gasteiger partial charge in [-0.25, -0.2) is 4.39 Å². The van der Waals surface area contributed by atoms with Gasteiger partial charge < -0.3 is 10.2 Å². The van der Waals surface area contributed by atoms with Crippen molar-refractivity contribution >= 4 is 0 Å². The predicted octanol–water partition coefficient (Wildman–Crippen LogP) is 1.17. The van der Waals surface area contributed by atoms with Crippen molar-refractivity contribution in [2.45, 2.75) is 30.7 Å². The molecule has 0 rings (SSSR count). The maximum Gasteiger partial charge on any atom is 0.417 e. The number of rotatable bonds is 2. The first-order valence-electron chi connectivity index (χ1n) is 3.11. The lowest BCUT2D eigenvalue weighted by atomic mass is 10.1. The van der Waals surface area contributed by atoms with Crippen LogP contribution in [0.25, 0.3) is 0 Å². The zero-order chi connectivity index (χ0) is 11.7. The number of alkyl halides is 7. The normalized spacial score (nSPS) is 20.4. The van der Waals surface area contributed by atoms with Gasteiger partial charge in [0.05, 0.1) is 0 Å². The standard InChI is InChI=1S/C5H5F7O2/c6-1(2(13)4(7,8)9)3(14)5(10,11)12/h1-3,13-14H. The van der Waals surface area contributed by atoms with Gasteiger partial charge >= 0.3 is 12.4 Å². The van der Waals surface area contributed by atoms with E-state index in [1.807, 2.05) is 0 Å². The molecule has 0 amide bonds. The van der Waals surface area contributed by atoms with Crippen LogP contribution >= 0.6 is 0 Å². The fourth-order valence-electron chi connectivity index (χ4n) is 0.534. The van der Waals surface area contributed by atoms with Gasteiger partial charge in [-0.2, -0.15) is 26.3 Å². The average molecular weight is 230 g/mol. The topological polar surface area (TPSA) is 40.5 Å². The summed E-state index contributed by atoms with van der Waals surface area (Å²) in [5, 5.41) is 16.1. The van der Waals surface area contributed by atoms with Crippen LogP contribution in [0.5, 0.6) is 0 Å². The zero-order valence-electron chi connectivity index (χ0n) is 6.27. The molecule has 0 aliphatic rings. The zero-order valence-corrected chi connectivity index (χ0v) is 6.27. The molecule has 2 unspecified atom stereocenters. The maximum absolute atomic E-state index is 12.2. The molecule has 0 spiro atoms. The number of halogens is 7. The SMILES string of the molecule is OC(C(F)C(O)C(F)(F)F)C(F)(F)F. The molecule has 2 N–H and O–H groups in total. The van der Waals surface area contributed by atoms with Crippen LogP contribution in [0.15, 0.2) is 0 Å². The van der Waals surface area contributed by atoms with Crippen molar-refractivity contribution in [1.82, 2.24) is 0 Å². The largest absolute Gasteiger partial charge is 0.417 e. The minimum absolute atomic E-state index is 3.85. The summed E-state index contributed by atoms with van der Waals surface area (Å²) in [6, 6.07) is 0. The first-order valence-corrected chi connectivity index (χ1v) is 3.11. The number of aliphatic hydroxyl groups is 2. The van der Waals surface area contributed by atoms with E-state index in [4.69, 9.17) is 10.2 Å². The van der Waals surface area contributed by atoms with Crippen LogP contribution < -0.4 is 0 Å². The molecule has 0 saturated carbocycles. The molecule has 0 saturated heterocycles. The van der Waals surface area contributed by atoms with Gasteiger partial charge in [-0.1, -0.05) is 0 Å². The van der Waals surface area contributed by atoms with Crippen LogP contribution in [0.4, 0.5) is 30.7 Å². The van der Waals surface area contributed by atoms with Crippen molar-refractivity contribution < 1.29 is 40.9 Å². The summed E-state index contributed by atoms with van der Waals surface area (Å²) in [6.45, 7) is 0. The Labute approximate surface area is 72.9 Å². The van der Waals surface area contributed by atoms with Crippen molar-refractivity contribution in [2.75, 3.05) is 0 Å². The average Bonchev–Trinajstić information content (AvgIpc) is 1.97. The number of aliphatic hydroxyl groups excluding tert-OH is 2. The molecular weight excluding hydrogens is 225 g/mol. The first kappa shape index (κ1) is 13.4. The van der Waals surface area contributed by atoms with Crippen LogP contribution in [0.2, 0.25) is 0 Å². The Hall–Kier alpha value is -0.570. The van der Waals surface area contributed by atoms with Crippen LogP contribution in [-0.2, 0) is 0 Å². The van der Waals surface area contributed by atoms with Gasteiger partial charge in [0.25, 0.3) is 0 Å². The summed E-state index contributed by atoms with van der Waals surface area (Å²) in [5.74, 6) is 0.